The zero-order valence-corrected chi connectivity index (χ0v) is 19.7. The van der Waals surface area contributed by atoms with Gasteiger partial charge in [0.05, 0.1) is 11.9 Å². The van der Waals surface area contributed by atoms with E-state index in [4.69, 9.17) is 9.97 Å². The van der Waals surface area contributed by atoms with Gasteiger partial charge in [0.15, 0.2) is 5.82 Å². The van der Waals surface area contributed by atoms with E-state index >= 15 is 0 Å². The number of anilines is 1. The third-order valence-corrected chi connectivity index (χ3v) is 6.77. The Labute approximate surface area is 202 Å². The van der Waals surface area contributed by atoms with Gasteiger partial charge in [-0.15, -0.1) is 17.9 Å². The Morgan fingerprint density at radius 2 is 1.85 bits per heavy atom. The highest BCUT2D eigenvalue weighted by Crippen LogP contribution is 2.39. The maximum absolute atomic E-state index is 12.1. The summed E-state index contributed by atoms with van der Waals surface area (Å²) in [5.41, 5.74) is 3.21. The number of benzene rings is 1. The molecule has 1 fully saturated rings. The number of fused-ring (bicyclic) bond motifs is 1. The van der Waals surface area contributed by atoms with Crippen LogP contribution < -0.4 is 10.2 Å². The van der Waals surface area contributed by atoms with Gasteiger partial charge < -0.3 is 10.2 Å². The van der Waals surface area contributed by atoms with Gasteiger partial charge in [-0.2, -0.15) is 0 Å². The first-order valence-corrected chi connectivity index (χ1v) is 12.2. The average molecular weight is 471 g/mol. The highest BCUT2D eigenvalue weighted by atomic mass is 32.1. The van der Waals surface area contributed by atoms with Crippen LogP contribution >= 0.6 is 11.3 Å². The molecule has 34 heavy (non-hydrogen) atoms. The van der Waals surface area contributed by atoms with Crippen LogP contribution in [0.4, 0.5) is 5.82 Å². The van der Waals surface area contributed by atoms with Crippen LogP contribution in [-0.2, 0) is 4.79 Å². The van der Waals surface area contributed by atoms with Gasteiger partial charge in [-0.25, -0.2) is 9.97 Å². The molecule has 172 valence electrons. The van der Waals surface area contributed by atoms with Crippen LogP contribution in [0.25, 0.3) is 32.7 Å². The number of carbonyl (C=O) groups excluding carboxylic acids is 1. The Morgan fingerprint density at radius 1 is 1.06 bits per heavy atom. The highest BCUT2D eigenvalue weighted by molar-refractivity contribution is 7.17. The normalized spacial score (nSPS) is 14.3. The number of hydrogen-bond donors (Lipinski definition) is 1. The molecule has 0 bridgehead atoms. The lowest BCUT2D eigenvalue weighted by Crippen LogP contribution is -2.49. The Morgan fingerprint density at radius 3 is 2.59 bits per heavy atom. The summed E-state index contributed by atoms with van der Waals surface area (Å²) >= 11 is 1.64. The van der Waals surface area contributed by atoms with Gasteiger partial charge in [-0.05, 0) is 17.7 Å². The van der Waals surface area contributed by atoms with Gasteiger partial charge in [0.2, 0.25) is 5.91 Å². The topological polar surface area (TPSA) is 74.2 Å². The average Bonchev–Trinajstić information content (AvgIpc) is 3.33. The fourth-order valence-electron chi connectivity index (χ4n) is 4.17. The second-order valence-electron chi connectivity index (χ2n) is 8.16. The van der Waals surface area contributed by atoms with Crippen molar-refractivity contribution in [1.29, 1.82) is 0 Å². The highest BCUT2D eigenvalue weighted by Gasteiger charge is 2.24. The molecule has 1 aliphatic rings. The molecule has 0 atom stereocenters. The lowest BCUT2D eigenvalue weighted by molar-refractivity contribution is -0.122. The second-order valence-corrected chi connectivity index (χ2v) is 9.02. The molecule has 0 spiro atoms. The summed E-state index contributed by atoms with van der Waals surface area (Å²) in [6.07, 6.45) is 5.25. The summed E-state index contributed by atoms with van der Waals surface area (Å²) in [5, 5.41) is 6.11. The molecule has 3 aromatic heterocycles. The Kier molecular flexibility index (Phi) is 6.60. The fraction of sp³-hybridized carbons (Fsp3) is 0.231. The van der Waals surface area contributed by atoms with Crippen LogP contribution in [0.3, 0.4) is 0 Å². The van der Waals surface area contributed by atoms with Gasteiger partial charge in [0, 0.05) is 61.6 Å². The number of pyridine rings is 1. The number of rotatable bonds is 7. The van der Waals surface area contributed by atoms with E-state index in [1.54, 1.807) is 29.8 Å². The monoisotopic (exact) mass is 470 g/mol. The molecule has 1 aromatic carbocycles. The zero-order chi connectivity index (χ0) is 23.3. The molecule has 1 aliphatic heterocycles. The van der Waals surface area contributed by atoms with Crippen LogP contribution in [0.15, 0.2) is 72.9 Å². The van der Waals surface area contributed by atoms with Gasteiger partial charge in [0.1, 0.15) is 10.6 Å². The van der Waals surface area contributed by atoms with Gasteiger partial charge in [-0.3, -0.25) is 14.7 Å². The molecule has 0 unspecified atom stereocenters. The van der Waals surface area contributed by atoms with Crippen molar-refractivity contribution in [1.82, 2.24) is 25.2 Å². The van der Waals surface area contributed by atoms with E-state index in [2.05, 4.69) is 56.3 Å². The van der Waals surface area contributed by atoms with Crippen LogP contribution in [0.2, 0.25) is 0 Å². The number of carbonyl (C=O) groups is 1. The molecular formula is C26H26N6OS. The number of nitrogens with one attached hydrogen (secondary N) is 1. The van der Waals surface area contributed by atoms with Crippen molar-refractivity contribution >= 4 is 33.3 Å². The first-order chi connectivity index (χ1) is 16.7. The SMILES string of the molecule is C=CCNC(=O)CN1CCN(c2nc(-c3cccnc3)nc3scc(-c4ccccc4)c23)CC1. The number of thiophene rings is 1. The van der Waals surface area contributed by atoms with Crippen molar-refractivity contribution < 1.29 is 4.79 Å². The minimum atomic E-state index is 0.0286. The maximum Gasteiger partial charge on any atom is 0.234 e. The van der Waals surface area contributed by atoms with E-state index in [0.29, 0.717) is 18.9 Å². The van der Waals surface area contributed by atoms with E-state index in [1.807, 2.05) is 18.2 Å². The second kappa shape index (κ2) is 10.1. The maximum atomic E-state index is 12.1. The van der Waals surface area contributed by atoms with Crippen LogP contribution in [-0.4, -0.2) is 65.0 Å². The molecule has 5 rings (SSSR count). The Balaban J connectivity index is 1.48. The van der Waals surface area contributed by atoms with Gasteiger partial charge in [-0.1, -0.05) is 36.4 Å². The van der Waals surface area contributed by atoms with Gasteiger partial charge >= 0.3 is 0 Å². The van der Waals surface area contributed by atoms with E-state index in [0.717, 1.165) is 58.9 Å². The van der Waals surface area contributed by atoms with Crippen molar-refractivity contribution in [2.45, 2.75) is 0 Å². The van der Waals surface area contributed by atoms with Crippen LogP contribution in [0, 0.1) is 0 Å². The molecule has 0 radical (unpaired) electrons. The van der Waals surface area contributed by atoms with Crippen LogP contribution in [0.1, 0.15) is 0 Å². The minimum Gasteiger partial charge on any atom is -0.353 e. The molecule has 1 N–H and O–H groups in total. The zero-order valence-electron chi connectivity index (χ0n) is 18.9. The third kappa shape index (κ3) is 4.69. The summed E-state index contributed by atoms with van der Waals surface area (Å²) in [7, 11) is 0. The lowest BCUT2D eigenvalue weighted by atomic mass is 10.1. The Hall–Kier alpha value is -3.62. The van der Waals surface area contributed by atoms with Gasteiger partial charge in [0.25, 0.3) is 0 Å². The molecule has 8 heteroatoms. The van der Waals surface area contributed by atoms with E-state index in [1.165, 1.54) is 0 Å². The third-order valence-electron chi connectivity index (χ3n) is 5.90. The van der Waals surface area contributed by atoms with Crippen molar-refractivity contribution in [2.24, 2.45) is 0 Å². The predicted molar refractivity (Wildman–Crippen MR) is 138 cm³/mol. The smallest absolute Gasteiger partial charge is 0.234 e. The van der Waals surface area contributed by atoms with E-state index < -0.39 is 0 Å². The van der Waals surface area contributed by atoms with Crippen molar-refractivity contribution in [3.8, 4) is 22.5 Å². The van der Waals surface area contributed by atoms with Crippen molar-refractivity contribution in [3.05, 3.63) is 72.9 Å². The molecule has 7 nitrogen and oxygen atoms in total. The van der Waals surface area contributed by atoms with Crippen molar-refractivity contribution in [2.75, 3.05) is 44.2 Å². The number of aromatic nitrogens is 3. The molecule has 0 saturated carbocycles. The Bertz CT molecular complexity index is 1280. The number of amides is 1. The molecular weight excluding hydrogens is 444 g/mol. The van der Waals surface area contributed by atoms with E-state index in [9.17, 15) is 4.79 Å². The lowest BCUT2D eigenvalue weighted by Gasteiger charge is -2.35. The first-order valence-electron chi connectivity index (χ1n) is 11.3. The largest absolute Gasteiger partial charge is 0.353 e. The molecule has 1 amide bonds. The fourth-order valence-corrected chi connectivity index (χ4v) is 5.11. The standard InChI is InChI=1S/C26H26N6OS/c1-2-10-28-22(33)17-31-12-14-32(15-13-31)25-23-21(19-7-4-3-5-8-19)18-34-26(23)30-24(29-25)20-9-6-11-27-16-20/h2-9,11,16,18H,1,10,12-15,17H2,(H,28,33). The van der Waals surface area contributed by atoms with E-state index in [-0.39, 0.29) is 5.91 Å². The predicted octanol–water partition coefficient (Wildman–Crippen LogP) is 3.84. The van der Waals surface area contributed by atoms with Crippen LogP contribution in [0.5, 0.6) is 0 Å². The number of piperazine rings is 1. The first kappa shape index (κ1) is 22.2. The molecule has 0 aliphatic carbocycles. The number of nitrogens with zero attached hydrogens (tertiary/aromatic N) is 5. The molecule has 4 aromatic rings. The molecule has 1 saturated heterocycles. The summed E-state index contributed by atoms with van der Waals surface area (Å²) in [4.78, 5) is 31.8. The summed E-state index contributed by atoms with van der Waals surface area (Å²) in [6, 6.07) is 14.3. The molecule has 4 heterocycles. The minimum absolute atomic E-state index is 0.0286. The summed E-state index contributed by atoms with van der Waals surface area (Å²) < 4.78 is 0. The van der Waals surface area contributed by atoms with Crippen molar-refractivity contribution in [3.63, 3.8) is 0 Å². The summed E-state index contributed by atoms with van der Waals surface area (Å²) in [5.74, 6) is 1.66. The quantitative estimate of drug-likeness (QED) is 0.414. The summed E-state index contributed by atoms with van der Waals surface area (Å²) in [6.45, 7) is 7.71. The number of hydrogen-bond acceptors (Lipinski definition) is 7.